The molecule has 0 atom stereocenters. The van der Waals surface area contributed by atoms with Crippen LogP contribution in [-0.2, 0) is 22.7 Å². The summed E-state index contributed by atoms with van der Waals surface area (Å²) in [6, 6.07) is 29.6. The molecular weight excluding hydrogens is 483 g/mol. The van der Waals surface area contributed by atoms with Crippen molar-refractivity contribution in [3.63, 3.8) is 0 Å². The molecule has 0 aliphatic rings. The molecule has 0 saturated carbocycles. The Hall–Kier alpha value is -3.73. The zero-order chi connectivity index (χ0) is 24.5. The number of carbonyl (C=O) groups excluding carboxylic acids is 1. The fourth-order valence-electron chi connectivity index (χ4n) is 3.19. The van der Waals surface area contributed by atoms with E-state index in [1.54, 1.807) is 24.3 Å². The number of hydrogen-bond donors (Lipinski definition) is 0. The predicted molar refractivity (Wildman–Crippen MR) is 139 cm³/mol. The van der Waals surface area contributed by atoms with Gasteiger partial charge in [-0.25, -0.2) is 4.79 Å². The van der Waals surface area contributed by atoms with E-state index in [2.05, 4.69) is 0 Å². The van der Waals surface area contributed by atoms with Gasteiger partial charge in [0.15, 0.2) is 0 Å². The van der Waals surface area contributed by atoms with Crippen molar-refractivity contribution >= 4 is 35.2 Å². The van der Waals surface area contributed by atoms with Crippen molar-refractivity contribution in [3.05, 3.63) is 130 Å². The minimum atomic E-state index is -0.437. The lowest BCUT2D eigenvalue weighted by Gasteiger charge is -2.09. The van der Waals surface area contributed by atoms with Crippen LogP contribution in [0.15, 0.2) is 103 Å². The maximum absolute atomic E-state index is 12.2. The molecule has 0 unspecified atom stereocenters. The standard InChI is InChI=1S/C29H22Cl2O4/c30-27-10-5-11-28(31)26(27)20-33-23-15-12-21(13-16-23)14-17-29(32)34-19-22-6-4-9-25(18-22)35-24-7-2-1-3-8-24/h1-18H,19-20H2. The highest BCUT2D eigenvalue weighted by Crippen LogP contribution is 2.26. The molecule has 4 nitrogen and oxygen atoms in total. The predicted octanol–water partition coefficient (Wildman–Crippen LogP) is 8.12. The summed E-state index contributed by atoms with van der Waals surface area (Å²) in [6.07, 6.45) is 3.08. The summed E-state index contributed by atoms with van der Waals surface area (Å²) in [4.78, 5) is 12.2. The van der Waals surface area contributed by atoms with Crippen LogP contribution in [0.2, 0.25) is 10.0 Å². The zero-order valence-corrected chi connectivity index (χ0v) is 20.2. The third-order valence-electron chi connectivity index (χ3n) is 5.00. The zero-order valence-electron chi connectivity index (χ0n) is 18.7. The Kier molecular flexibility index (Phi) is 8.44. The second kappa shape index (κ2) is 12.1. The number of halogens is 2. The third kappa shape index (κ3) is 7.38. The number of hydrogen-bond acceptors (Lipinski definition) is 4. The number of esters is 1. The van der Waals surface area contributed by atoms with E-state index in [0.29, 0.717) is 21.5 Å². The van der Waals surface area contributed by atoms with E-state index in [9.17, 15) is 4.79 Å². The SMILES string of the molecule is O=C(C=Cc1ccc(OCc2c(Cl)cccc2Cl)cc1)OCc1cccc(Oc2ccccc2)c1. The van der Waals surface area contributed by atoms with Crippen LogP contribution in [0.5, 0.6) is 17.2 Å². The summed E-state index contributed by atoms with van der Waals surface area (Å²) >= 11 is 12.3. The second-order valence-electron chi connectivity index (χ2n) is 7.56. The van der Waals surface area contributed by atoms with Crippen molar-refractivity contribution < 1.29 is 19.0 Å². The van der Waals surface area contributed by atoms with Gasteiger partial charge in [0.05, 0.1) is 0 Å². The molecule has 4 rings (SSSR count). The van der Waals surface area contributed by atoms with Gasteiger partial charge in [0, 0.05) is 21.7 Å². The van der Waals surface area contributed by atoms with Crippen molar-refractivity contribution in [1.29, 1.82) is 0 Å². The van der Waals surface area contributed by atoms with Gasteiger partial charge >= 0.3 is 5.97 Å². The molecule has 0 heterocycles. The molecule has 0 N–H and O–H groups in total. The molecule has 176 valence electrons. The molecule has 0 fully saturated rings. The highest BCUT2D eigenvalue weighted by atomic mass is 35.5. The van der Waals surface area contributed by atoms with Crippen LogP contribution >= 0.6 is 23.2 Å². The summed E-state index contributed by atoms with van der Waals surface area (Å²) in [6.45, 7) is 0.407. The van der Waals surface area contributed by atoms with E-state index in [4.69, 9.17) is 37.4 Å². The first-order valence-electron chi connectivity index (χ1n) is 10.9. The molecule has 0 aliphatic heterocycles. The van der Waals surface area contributed by atoms with E-state index in [1.807, 2.05) is 78.9 Å². The molecule has 0 amide bonds. The number of para-hydroxylation sites is 1. The van der Waals surface area contributed by atoms with Gasteiger partial charge in [0.1, 0.15) is 30.5 Å². The summed E-state index contributed by atoms with van der Waals surface area (Å²) in [5.74, 6) is 1.65. The van der Waals surface area contributed by atoms with Crippen LogP contribution < -0.4 is 9.47 Å². The van der Waals surface area contributed by atoms with Crippen molar-refractivity contribution in [1.82, 2.24) is 0 Å². The number of ether oxygens (including phenoxy) is 3. The molecule has 0 spiro atoms. The summed E-state index contributed by atoms with van der Waals surface area (Å²) < 4.78 is 16.9. The molecule has 4 aromatic carbocycles. The normalized spacial score (nSPS) is 10.8. The fraction of sp³-hybridized carbons (Fsp3) is 0.0690. The summed E-state index contributed by atoms with van der Waals surface area (Å²) in [5, 5.41) is 1.12. The van der Waals surface area contributed by atoms with Crippen LogP contribution in [0.3, 0.4) is 0 Å². The highest BCUT2D eigenvalue weighted by Gasteiger charge is 2.06. The third-order valence-corrected chi connectivity index (χ3v) is 5.70. The Balaban J connectivity index is 1.26. The largest absolute Gasteiger partial charge is 0.489 e. The Morgan fingerprint density at radius 1 is 0.714 bits per heavy atom. The van der Waals surface area contributed by atoms with E-state index < -0.39 is 5.97 Å². The molecule has 0 saturated heterocycles. The van der Waals surface area contributed by atoms with Gasteiger partial charge in [0.25, 0.3) is 0 Å². The first-order valence-corrected chi connectivity index (χ1v) is 11.6. The molecule has 6 heteroatoms. The van der Waals surface area contributed by atoms with Gasteiger partial charge in [-0.3, -0.25) is 0 Å². The summed E-state index contributed by atoms with van der Waals surface area (Å²) in [5.41, 5.74) is 2.41. The average molecular weight is 505 g/mol. The Labute approximate surface area is 214 Å². The van der Waals surface area contributed by atoms with E-state index in [0.717, 1.165) is 22.4 Å². The lowest BCUT2D eigenvalue weighted by atomic mass is 10.2. The van der Waals surface area contributed by atoms with Gasteiger partial charge in [-0.15, -0.1) is 0 Å². The van der Waals surface area contributed by atoms with Crippen LogP contribution in [0, 0.1) is 0 Å². The second-order valence-corrected chi connectivity index (χ2v) is 8.38. The monoisotopic (exact) mass is 504 g/mol. The summed E-state index contributed by atoms with van der Waals surface area (Å²) in [7, 11) is 0. The maximum atomic E-state index is 12.2. The van der Waals surface area contributed by atoms with Crippen LogP contribution in [0.25, 0.3) is 6.08 Å². The first-order chi connectivity index (χ1) is 17.1. The van der Waals surface area contributed by atoms with Crippen molar-refractivity contribution in [2.24, 2.45) is 0 Å². The molecule has 35 heavy (non-hydrogen) atoms. The Morgan fingerprint density at radius 3 is 2.14 bits per heavy atom. The number of carbonyl (C=O) groups is 1. The van der Waals surface area contributed by atoms with Gasteiger partial charge in [-0.05, 0) is 65.7 Å². The molecule has 0 radical (unpaired) electrons. The molecule has 0 aliphatic carbocycles. The minimum Gasteiger partial charge on any atom is -0.489 e. The van der Waals surface area contributed by atoms with Crippen LogP contribution in [0.4, 0.5) is 0 Å². The number of rotatable bonds is 9. The lowest BCUT2D eigenvalue weighted by Crippen LogP contribution is -2.01. The Bertz CT molecular complexity index is 1280. The minimum absolute atomic E-state index is 0.145. The van der Waals surface area contributed by atoms with Crippen LogP contribution in [-0.4, -0.2) is 5.97 Å². The number of benzene rings is 4. The molecule has 4 aromatic rings. The molecule has 0 aromatic heterocycles. The van der Waals surface area contributed by atoms with Crippen molar-refractivity contribution in [2.75, 3.05) is 0 Å². The van der Waals surface area contributed by atoms with Crippen molar-refractivity contribution in [3.8, 4) is 17.2 Å². The average Bonchev–Trinajstić information content (AvgIpc) is 2.87. The smallest absolute Gasteiger partial charge is 0.331 e. The van der Waals surface area contributed by atoms with Gasteiger partial charge in [-0.1, -0.05) is 71.7 Å². The van der Waals surface area contributed by atoms with E-state index >= 15 is 0 Å². The van der Waals surface area contributed by atoms with Gasteiger partial charge in [0.2, 0.25) is 0 Å². The van der Waals surface area contributed by atoms with E-state index in [1.165, 1.54) is 6.08 Å². The lowest BCUT2D eigenvalue weighted by molar-refractivity contribution is -0.138. The van der Waals surface area contributed by atoms with Gasteiger partial charge < -0.3 is 14.2 Å². The molecule has 0 bridgehead atoms. The van der Waals surface area contributed by atoms with E-state index in [-0.39, 0.29) is 13.2 Å². The van der Waals surface area contributed by atoms with Crippen LogP contribution in [0.1, 0.15) is 16.7 Å². The highest BCUT2D eigenvalue weighted by molar-refractivity contribution is 6.35. The maximum Gasteiger partial charge on any atom is 0.331 e. The van der Waals surface area contributed by atoms with Gasteiger partial charge in [-0.2, -0.15) is 0 Å². The quantitative estimate of drug-likeness (QED) is 0.170. The van der Waals surface area contributed by atoms with Crippen molar-refractivity contribution in [2.45, 2.75) is 13.2 Å². The first kappa shape index (κ1) is 24.4. The molecular formula is C29H22Cl2O4. The fourth-order valence-corrected chi connectivity index (χ4v) is 3.70. The Morgan fingerprint density at radius 2 is 1.40 bits per heavy atom. The topological polar surface area (TPSA) is 44.8 Å².